The SMILES string of the molecule is CC[C@H]1OC(=O)[C@H](C)[C@H]2OC/C(=N\OCc3cnc4cccnc4n3)CO[C@](C)(C[C@@H](C)C3=NCCN4C(=O)O[C@@]1(C)[C@H]4[C@H]3C)[C@H](O[C@H]1O[C@@H](C)C[C@@H](N(C)C)[C@@H]1O)[C@H]2C. The van der Waals surface area contributed by atoms with Crippen molar-refractivity contribution in [3.63, 3.8) is 0 Å². The molecule has 0 aromatic carbocycles. The normalized spacial score (nSPS) is 39.9. The Labute approximate surface area is 352 Å². The van der Waals surface area contributed by atoms with Gasteiger partial charge in [-0.15, -0.1) is 0 Å². The number of nitrogens with zero attached hydrogens (tertiary/aromatic N) is 7. The average Bonchev–Trinajstić information content (AvgIpc) is 3.36. The first kappa shape index (κ1) is 44.2. The highest BCUT2D eigenvalue weighted by molar-refractivity contribution is 5.91. The Bertz CT molecular complexity index is 1930. The summed E-state index contributed by atoms with van der Waals surface area (Å²) in [5, 5.41) is 16.3. The van der Waals surface area contributed by atoms with Gasteiger partial charge in [-0.25, -0.2) is 14.8 Å². The first-order valence-electron chi connectivity index (χ1n) is 21.4. The van der Waals surface area contributed by atoms with Crippen molar-refractivity contribution in [2.45, 2.75) is 141 Å². The fraction of sp³-hybridized carbons (Fsp3) is 0.744. The number of rotatable bonds is 7. The Morgan fingerprint density at radius 3 is 2.62 bits per heavy atom. The quantitative estimate of drug-likeness (QED) is 0.309. The van der Waals surface area contributed by atoms with Crippen LogP contribution in [0.25, 0.3) is 11.2 Å². The zero-order valence-corrected chi connectivity index (χ0v) is 36.6. The number of hydrogen-bond acceptors (Lipinski definition) is 16. The predicted octanol–water partition coefficient (Wildman–Crippen LogP) is 4.19. The maximum Gasteiger partial charge on any atom is 0.410 e. The highest BCUT2D eigenvalue weighted by Crippen LogP contribution is 2.45. The van der Waals surface area contributed by atoms with E-state index in [4.69, 9.17) is 38.3 Å². The first-order chi connectivity index (χ1) is 28.5. The lowest BCUT2D eigenvalue weighted by atomic mass is 9.72. The molecule has 5 aliphatic rings. The van der Waals surface area contributed by atoms with E-state index in [-0.39, 0.29) is 43.8 Å². The van der Waals surface area contributed by atoms with Crippen LogP contribution in [0.1, 0.15) is 80.3 Å². The van der Waals surface area contributed by atoms with E-state index in [0.717, 1.165) is 5.71 Å². The Morgan fingerprint density at radius 2 is 1.87 bits per heavy atom. The number of aliphatic hydroxyl groups is 1. The molecule has 4 bridgehead atoms. The Morgan fingerprint density at radius 1 is 1.08 bits per heavy atom. The van der Waals surface area contributed by atoms with Crippen molar-refractivity contribution >= 4 is 34.6 Å². The molecule has 2 aromatic rings. The fourth-order valence-corrected chi connectivity index (χ4v) is 10.4. The molecule has 7 rings (SSSR count). The summed E-state index contributed by atoms with van der Waals surface area (Å²) in [6, 6.07) is 2.97. The molecule has 17 heteroatoms. The molecule has 4 fully saturated rings. The van der Waals surface area contributed by atoms with Crippen LogP contribution in [-0.4, -0.2) is 154 Å². The minimum absolute atomic E-state index is 0.00609. The number of aliphatic hydroxyl groups excluding tert-OH is 1. The third-order valence-corrected chi connectivity index (χ3v) is 13.3. The molecule has 0 spiro atoms. The van der Waals surface area contributed by atoms with Crippen molar-refractivity contribution in [1.29, 1.82) is 0 Å². The van der Waals surface area contributed by atoms with E-state index in [1.165, 1.54) is 0 Å². The number of carbonyl (C=O) groups excluding carboxylic acids is 2. The second-order valence-corrected chi connectivity index (χ2v) is 18.0. The van der Waals surface area contributed by atoms with Gasteiger partial charge >= 0.3 is 12.1 Å². The predicted molar refractivity (Wildman–Crippen MR) is 220 cm³/mol. The van der Waals surface area contributed by atoms with Crippen LogP contribution in [0, 0.1) is 23.7 Å². The summed E-state index contributed by atoms with van der Waals surface area (Å²) in [4.78, 5) is 56.1. The van der Waals surface area contributed by atoms with E-state index in [2.05, 4.69) is 34.0 Å². The Balaban J connectivity index is 1.30. The van der Waals surface area contributed by atoms with Crippen LogP contribution in [-0.2, 0) is 44.7 Å². The van der Waals surface area contributed by atoms with Crippen LogP contribution in [0.5, 0.6) is 0 Å². The van der Waals surface area contributed by atoms with E-state index in [1.54, 1.807) is 30.3 Å². The molecule has 2 aromatic heterocycles. The smallest absolute Gasteiger partial charge is 0.410 e. The van der Waals surface area contributed by atoms with Crippen LogP contribution < -0.4 is 0 Å². The van der Waals surface area contributed by atoms with Crippen LogP contribution >= 0.6 is 0 Å². The number of aliphatic imine (C=N–C) groups is 1. The van der Waals surface area contributed by atoms with E-state index >= 15 is 0 Å². The van der Waals surface area contributed by atoms with Gasteiger partial charge in [0.15, 0.2) is 24.1 Å². The zero-order chi connectivity index (χ0) is 43.1. The Kier molecular flexibility index (Phi) is 13.1. The molecule has 5 aliphatic heterocycles. The lowest BCUT2D eigenvalue weighted by Crippen LogP contribution is -2.60. The summed E-state index contributed by atoms with van der Waals surface area (Å²) in [5.41, 5.74) is 0.792. The molecular weight excluding hydrogens is 775 g/mol. The van der Waals surface area contributed by atoms with E-state index in [9.17, 15) is 14.7 Å². The van der Waals surface area contributed by atoms with Crippen LogP contribution in [0.2, 0.25) is 0 Å². The number of ether oxygens (including phenoxy) is 6. The number of hydrogen-bond donors (Lipinski definition) is 1. The number of likely N-dealkylation sites (N-methyl/N-ethyl adjacent to an activating group) is 1. The van der Waals surface area contributed by atoms with Crippen molar-refractivity contribution in [2.24, 2.45) is 33.8 Å². The summed E-state index contributed by atoms with van der Waals surface area (Å²) < 4.78 is 39.8. The van der Waals surface area contributed by atoms with Gasteiger partial charge in [0, 0.05) is 36.3 Å². The molecule has 17 nitrogen and oxygen atoms in total. The van der Waals surface area contributed by atoms with Crippen molar-refractivity contribution in [3.05, 3.63) is 30.2 Å². The van der Waals surface area contributed by atoms with Gasteiger partial charge in [0.25, 0.3) is 0 Å². The molecule has 14 atom stereocenters. The topological polar surface area (TPSA) is 189 Å². The lowest BCUT2D eigenvalue weighted by Gasteiger charge is -2.48. The molecule has 1 N–H and O–H groups in total. The minimum Gasteiger partial charge on any atom is -0.458 e. The maximum atomic E-state index is 14.5. The number of pyridine rings is 1. The van der Waals surface area contributed by atoms with E-state index in [0.29, 0.717) is 54.9 Å². The minimum atomic E-state index is -1.15. The molecule has 0 aliphatic carbocycles. The Hall–Kier alpha value is -3.87. The van der Waals surface area contributed by atoms with E-state index < -0.39 is 71.8 Å². The number of cyclic esters (lactones) is 1. The van der Waals surface area contributed by atoms with Gasteiger partial charge in [-0.2, -0.15) is 0 Å². The standard InChI is InChI=1S/C43H63N7O10/c1-11-32-43(8)36-25(4)33(44-15-16-50(36)41(53)60-43)23(2)18-42(7)37(59-40-34(51)31(49(9)10)17-24(3)57-40)26(5)35(27(6)39(52)58-32)54-20-29(21-55-42)48-56-22-28-19-46-30-13-12-14-45-38(30)47-28/h12-14,19,23-27,31-32,34-37,40,51H,11,15-18,20-22H2,1-10H3/b48-29+/t23-,24+,25+,26+,27-,31-,32-,34+,35+,36-,37-,40-,42-,43-/m1/s1. The number of fused-ring (bicyclic) bond motifs is 5. The van der Waals surface area contributed by atoms with Crippen molar-refractivity contribution in [3.8, 4) is 0 Å². The van der Waals surface area contributed by atoms with Crippen molar-refractivity contribution in [1.82, 2.24) is 24.8 Å². The number of amides is 1. The zero-order valence-electron chi connectivity index (χ0n) is 36.6. The average molecular weight is 838 g/mol. The molecule has 0 unspecified atom stereocenters. The molecule has 0 saturated carbocycles. The number of aromatic nitrogens is 3. The number of carbonyl (C=O) groups is 2. The summed E-state index contributed by atoms with van der Waals surface area (Å²) in [6.07, 6.45) is -0.278. The molecule has 4 saturated heterocycles. The van der Waals surface area contributed by atoms with Gasteiger partial charge in [-0.05, 0) is 79.1 Å². The molecule has 7 heterocycles. The van der Waals surface area contributed by atoms with Gasteiger partial charge in [-0.1, -0.05) is 32.9 Å². The highest BCUT2D eigenvalue weighted by atomic mass is 16.7. The molecular formula is C43H63N7O10. The van der Waals surface area contributed by atoms with Gasteiger partial charge in [-0.3, -0.25) is 19.7 Å². The molecule has 330 valence electrons. The molecule has 0 radical (unpaired) electrons. The van der Waals surface area contributed by atoms with Crippen LogP contribution in [0.4, 0.5) is 4.79 Å². The van der Waals surface area contributed by atoms with Crippen molar-refractivity contribution < 1.29 is 48.0 Å². The van der Waals surface area contributed by atoms with Gasteiger partial charge in [0.1, 0.15) is 29.1 Å². The first-order valence-corrected chi connectivity index (χ1v) is 21.4. The van der Waals surface area contributed by atoms with Crippen molar-refractivity contribution in [2.75, 3.05) is 40.4 Å². The largest absolute Gasteiger partial charge is 0.458 e. The maximum absolute atomic E-state index is 14.5. The fourth-order valence-electron chi connectivity index (χ4n) is 10.4. The summed E-state index contributed by atoms with van der Waals surface area (Å²) in [6.45, 7) is 16.5. The molecule has 1 amide bonds. The number of oxime groups is 1. The van der Waals surface area contributed by atoms with Gasteiger partial charge in [0.2, 0.25) is 0 Å². The van der Waals surface area contributed by atoms with Crippen LogP contribution in [0.15, 0.2) is 34.7 Å². The third-order valence-electron chi connectivity index (χ3n) is 13.3. The monoisotopic (exact) mass is 837 g/mol. The molecule has 60 heavy (non-hydrogen) atoms. The summed E-state index contributed by atoms with van der Waals surface area (Å²) in [7, 11) is 3.86. The van der Waals surface area contributed by atoms with Gasteiger partial charge < -0.3 is 43.3 Å². The second kappa shape index (κ2) is 17.8. The lowest BCUT2D eigenvalue weighted by molar-refractivity contribution is -0.302. The van der Waals surface area contributed by atoms with Crippen LogP contribution in [0.3, 0.4) is 0 Å². The number of esters is 1. The van der Waals surface area contributed by atoms with Gasteiger partial charge in [0.05, 0.1) is 61.8 Å². The van der Waals surface area contributed by atoms with E-state index in [1.807, 2.05) is 59.7 Å². The second-order valence-electron chi connectivity index (χ2n) is 18.0. The highest BCUT2D eigenvalue weighted by Gasteiger charge is 2.60. The third kappa shape index (κ3) is 8.62. The summed E-state index contributed by atoms with van der Waals surface area (Å²) >= 11 is 0. The summed E-state index contributed by atoms with van der Waals surface area (Å²) in [5.74, 6) is -2.32.